The summed E-state index contributed by atoms with van der Waals surface area (Å²) < 4.78 is 24.5. The van der Waals surface area contributed by atoms with Gasteiger partial charge in [-0.15, -0.1) is 0 Å². The van der Waals surface area contributed by atoms with Crippen molar-refractivity contribution in [1.82, 2.24) is 0 Å². The van der Waals surface area contributed by atoms with E-state index in [1.54, 1.807) is 0 Å². The van der Waals surface area contributed by atoms with Gasteiger partial charge in [-0.2, -0.15) is 0 Å². The molecule has 0 saturated heterocycles. The van der Waals surface area contributed by atoms with Crippen LogP contribution in [0.3, 0.4) is 0 Å². The molecule has 3 nitrogen and oxygen atoms in total. The molecular formula is C6H9F2NO2. The van der Waals surface area contributed by atoms with Crippen LogP contribution < -0.4 is 5.73 Å². The quantitative estimate of drug-likeness (QED) is 0.624. The number of alkyl halides is 2. The Hall–Kier alpha value is -0.710. The third-order valence-corrected chi connectivity index (χ3v) is 2.04. The molecule has 0 aromatic carbocycles. The number of halogens is 2. The molecule has 1 saturated carbocycles. The van der Waals surface area contributed by atoms with Crippen LogP contribution in [0, 0.1) is 5.41 Å². The number of aliphatic carboxylic acids is 1. The van der Waals surface area contributed by atoms with Crippen LogP contribution in [0.2, 0.25) is 0 Å². The molecular weight excluding hydrogens is 156 g/mol. The highest BCUT2D eigenvalue weighted by Gasteiger charge is 2.60. The zero-order chi connectivity index (χ0) is 8.70. The first-order valence-corrected chi connectivity index (χ1v) is 3.23. The molecule has 1 rings (SSSR count). The molecule has 5 heteroatoms. The zero-order valence-electron chi connectivity index (χ0n) is 5.81. The fourth-order valence-corrected chi connectivity index (χ4v) is 1.32. The molecule has 3 N–H and O–H groups in total. The van der Waals surface area contributed by atoms with Crippen LogP contribution in [-0.2, 0) is 4.79 Å². The Morgan fingerprint density at radius 3 is 2.09 bits per heavy atom. The van der Waals surface area contributed by atoms with Crippen LogP contribution in [0.5, 0.6) is 0 Å². The highest BCUT2D eigenvalue weighted by Crippen LogP contribution is 2.51. The number of rotatable bonds is 2. The number of nitrogens with two attached hydrogens (primary N) is 1. The van der Waals surface area contributed by atoms with Crippen molar-refractivity contribution in [2.75, 3.05) is 6.54 Å². The van der Waals surface area contributed by atoms with Crippen LogP contribution in [-0.4, -0.2) is 23.5 Å². The van der Waals surface area contributed by atoms with E-state index in [1.165, 1.54) is 0 Å². The van der Waals surface area contributed by atoms with Gasteiger partial charge in [0, 0.05) is 19.4 Å². The second kappa shape index (κ2) is 2.14. The smallest absolute Gasteiger partial charge is 0.311 e. The Labute approximate surface area is 62.2 Å². The lowest BCUT2D eigenvalue weighted by Gasteiger charge is -2.42. The number of carboxylic acids is 1. The largest absolute Gasteiger partial charge is 0.481 e. The van der Waals surface area contributed by atoms with E-state index in [1.807, 2.05) is 0 Å². The predicted octanol–water partition coefficient (Wildman–Crippen LogP) is 0.445. The number of carbonyl (C=O) groups is 1. The lowest BCUT2D eigenvalue weighted by atomic mass is 9.66. The van der Waals surface area contributed by atoms with Gasteiger partial charge in [-0.25, -0.2) is 8.78 Å². The second-order valence-corrected chi connectivity index (χ2v) is 3.00. The maximum absolute atomic E-state index is 12.3. The lowest BCUT2D eigenvalue weighted by molar-refractivity contribution is -0.191. The standard InChI is InChI=1S/C6H9F2NO2/c7-6(8)1-5(2-6,3-9)4(10)11/h1-3,9H2,(H,10,11). The van der Waals surface area contributed by atoms with Crippen molar-refractivity contribution in [3.05, 3.63) is 0 Å². The molecule has 1 aliphatic carbocycles. The number of carboxylic acid groups (broad SMARTS) is 1. The molecule has 0 atom stereocenters. The molecule has 0 aromatic heterocycles. The molecule has 0 bridgehead atoms. The summed E-state index contributed by atoms with van der Waals surface area (Å²) in [5.41, 5.74) is 3.72. The van der Waals surface area contributed by atoms with E-state index >= 15 is 0 Å². The van der Waals surface area contributed by atoms with Gasteiger partial charge in [-0.3, -0.25) is 4.79 Å². The van der Waals surface area contributed by atoms with Gasteiger partial charge in [-0.05, 0) is 0 Å². The SMILES string of the molecule is NCC1(C(=O)O)CC(F)(F)C1. The minimum atomic E-state index is -2.82. The Balaban J connectivity index is 2.64. The van der Waals surface area contributed by atoms with E-state index < -0.39 is 30.1 Å². The number of hydrogen-bond donors (Lipinski definition) is 2. The Morgan fingerprint density at radius 2 is 2.00 bits per heavy atom. The van der Waals surface area contributed by atoms with Gasteiger partial charge in [0.2, 0.25) is 0 Å². The van der Waals surface area contributed by atoms with Crippen molar-refractivity contribution < 1.29 is 18.7 Å². The molecule has 0 unspecified atom stereocenters. The lowest BCUT2D eigenvalue weighted by Crippen LogP contribution is -2.55. The van der Waals surface area contributed by atoms with Gasteiger partial charge in [0.25, 0.3) is 5.92 Å². The average Bonchev–Trinajstić information content (AvgIpc) is 1.81. The predicted molar refractivity (Wildman–Crippen MR) is 33.3 cm³/mol. The summed E-state index contributed by atoms with van der Waals surface area (Å²) in [6.45, 7) is -0.210. The Morgan fingerprint density at radius 1 is 1.55 bits per heavy atom. The van der Waals surface area contributed by atoms with Crippen molar-refractivity contribution in [3.63, 3.8) is 0 Å². The van der Waals surface area contributed by atoms with Gasteiger partial charge in [0.05, 0.1) is 5.41 Å². The first-order chi connectivity index (χ1) is 4.92. The van der Waals surface area contributed by atoms with Crippen molar-refractivity contribution in [2.45, 2.75) is 18.8 Å². The normalized spacial score (nSPS) is 25.7. The maximum Gasteiger partial charge on any atom is 0.311 e. The average molecular weight is 165 g/mol. The van der Waals surface area contributed by atoms with Crippen molar-refractivity contribution >= 4 is 5.97 Å². The third kappa shape index (κ3) is 1.20. The molecule has 1 aliphatic rings. The molecule has 0 radical (unpaired) electrons. The van der Waals surface area contributed by atoms with Gasteiger partial charge in [0.1, 0.15) is 0 Å². The summed E-state index contributed by atoms with van der Waals surface area (Å²) in [6, 6.07) is 0. The van der Waals surface area contributed by atoms with Crippen molar-refractivity contribution in [1.29, 1.82) is 0 Å². The van der Waals surface area contributed by atoms with Gasteiger partial charge >= 0.3 is 5.97 Å². The Bertz CT molecular complexity index is 185. The molecule has 0 spiro atoms. The molecule has 0 amide bonds. The van der Waals surface area contributed by atoms with E-state index in [4.69, 9.17) is 10.8 Å². The monoisotopic (exact) mass is 165 g/mol. The van der Waals surface area contributed by atoms with Gasteiger partial charge < -0.3 is 10.8 Å². The first-order valence-electron chi connectivity index (χ1n) is 3.23. The van der Waals surface area contributed by atoms with E-state index in [0.29, 0.717) is 0 Å². The molecule has 0 heterocycles. The van der Waals surface area contributed by atoms with Crippen molar-refractivity contribution in [2.24, 2.45) is 11.1 Å². The maximum atomic E-state index is 12.3. The molecule has 1 fully saturated rings. The van der Waals surface area contributed by atoms with Gasteiger partial charge in [-0.1, -0.05) is 0 Å². The highest BCUT2D eigenvalue weighted by atomic mass is 19.3. The molecule has 11 heavy (non-hydrogen) atoms. The van der Waals surface area contributed by atoms with E-state index in [2.05, 4.69) is 0 Å². The van der Waals surface area contributed by atoms with Crippen LogP contribution in [0.25, 0.3) is 0 Å². The summed E-state index contributed by atoms with van der Waals surface area (Å²) in [7, 11) is 0. The first kappa shape index (κ1) is 8.39. The van der Waals surface area contributed by atoms with Crippen LogP contribution in [0.1, 0.15) is 12.8 Å². The minimum Gasteiger partial charge on any atom is -0.481 e. The molecule has 0 aliphatic heterocycles. The van der Waals surface area contributed by atoms with Crippen molar-refractivity contribution in [3.8, 4) is 0 Å². The van der Waals surface area contributed by atoms with E-state index in [9.17, 15) is 13.6 Å². The molecule has 0 aromatic rings. The third-order valence-electron chi connectivity index (χ3n) is 2.04. The minimum absolute atomic E-state index is 0.210. The number of hydrogen-bond acceptors (Lipinski definition) is 2. The van der Waals surface area contributed by atoms with E-state index in [-0.39, 0.29) is 6.54 Å². The fraction of sp³-hybridized carbons (Fsp3) is 0.833. The summed E-state index contributed by atoms with van der Waals surface area (Å²) in [4.78, 5) is 10.4. The zero-order valence-corrected chi connectivity index (χ0v) is 5.81. The van der Waals surface area contributed by atoms with Crippen LogP contribution >= 0.6 is 0 Å². The Kier molecular flexibility index (Phi) is 1.63. The highest BCUT2D eigenvalue weighted by molar-refractivity contribution is 5.76. The van der Waals surface area contributed by atoms with Gasteiger partial charge in [0.15, 0.2) is 0 Å². The van der Waals surface area contributed by atoms with Crippen LogP contribution in [0.4, 0.5) is 8.78 Å². The molecule has 64 valence electrons. The summed E-state index contributed by atoms with van der Waals surface area (Å²) in [6.07, 6.45) is -1.24. The summed E-state index contributed by atoms with van der Waals surface area (Å²) in [5.74, 6) is -4.04. The van der Waals surface area contributed by atoms with E-state index in [0.717, 1.165) is 0 Å². The topological polar surface area (TPSA) is 63.3 Å². The second-order valence-electron chi connectivity index (χ2n) is 3.00. The summed E-state index contributed by atoms with van der Waals surface area (Å²) in [5, 5.41) is 8.50. The van der Waals surface area contributed by atoms with Crippen LogP contribution in [0.15, 0.2) is 0 Å². The summed E-state index contributed by atoms with van der Waals surface area (Å²) >= 11 is 0. The fourth-order valence-electron chi connectivity index (χ4n) is 1.32.